The number of hydrogen-bond donors (Lipinski definition) is 9. The summed E-state index contributed by atoms with van der Waals surface area (Å²) in [6.45, 7) is 2.75. The van der Waals surface area contributed by atoms with Gasteiger partial charge in [0.05, 0.1) is 32.0 Å². The van der Waals surface area contributed by atoms with Crippen LogP contribution in [0.5, 0.6) is 0 Å². The zero-order valence-electron chi connectivity index (χ0n) is 31.8. The Morgan fingerprint density at radius 3 is 1.63 bits per heavy atom. The number of hydrogen-bond acceptors (Lipinski definition) is 13. The number of carbonyl (C=O) groups is 1. The minimum atomic E-state index is -1.78. The Balaban J connectivity index is 1.94. The summed E-state index contributed by atoms with van der Waals surface area (Å²) in [4.78, 5) is 13.0. The van der Waals surface area contributed by atoms with Gasteiger partial charge in [-0.3, -0.25) is 4.79 Å². The van der Waals surface area contributed by atoms with Crippen LogP contribution < -0.4 is 5.32 Å². The van der Waals surface area contributed by atoms with Crippen molar-refractivity contribution in [1.82, 2.24) is 5.32 Å². The number of amides is 1. The van der Waals surface area contributed by atoms with Crippen LogP contribution in [0, 0.1) is 0 Å². The number of rotatable bonds is 29. The molecule has 0 aromatic heterocycles. The predicted molar refractivity (Wildman–Crippen MR) is 194 cm³/mol. The van der Waals surface area contributed by atoms with Gasteiger partial charge in [-0.15, -0.1) is 0 Å². The first-order chi connectivity index (χ1) is 25.1. The highest BCUT2D eigenvalue weighted by Gasteiger charge is 2.50. The molecule has 308 valence electrons. The molecule has 2 fully saturated rings. The van der Waals surface area contributed by atoms with Crippen LogP contribution in [0.15, 0.2) is 0 Å². The fourth-order valence-corrected chi connectivity index (χ4v) is 6.88. The van der Waals surface area contributed by atoms with Crippen LogP contribution in [0.3, 0.4) is 0 Å². The molecular formula is C38H73NO13. The minimum Gasteiger partial charge on any atom is -0.394 e. The van der Waals surface area contributed by atoms with Gasteiger partial charge in [-0.05, 0) is 12.8 Å². The van der Waals surface area contributed by atoms with E-state index in [9.17, 15) is 45.6 Å². The Morgan fingerprint density at radius 2 is 1.10 bits per heavy atom. The summed E-state index contributed by atoms with van der Waals surface area (Å²) in [6, 6.07) is -0.816. The lowest BCUT2D eigenvalue weighted by Gasteiger charge is -2.46. The first-order valence-electron chi connectivity index (χ1n) is 20.3. The fraction of sp³-hybridized carbons (Fsp3) is 0.974. The monoisotopic (exact) mass is 752 g/mol. The maximum absolute atomic E-state index is 13.0. The molecule has 9 N–H and O–H groups in total. The third-order valence-corrected chi connectivity index (χ3v) is 10.3. The normalized spacial score (nSPS) is 30.7. The van der Waals surface area contributed by atoms with Gasteiger partial charge in [-0.25, -0.2) is 0 Å². The van der Waals surface area contributed by atoms with Gasteiger partial charge in [0.2, 0.25) is 5.91 Å². The molecule has 2 saturated heterocycles. The summed E-state index contributed by atoms with van der Waals surface area (Å²) in [5, 5.41) is 86.1. The summed E-state index contributed by atoms with van der Waals surface area (Å²) < 4.78 is 22.5. The topological polar surface area (TPSA) is 228 Å². The molecule has 12 atom stereocenters. The van der Waals surface area contributed by atoms with Crippen LogP contribution >= 0.6 is 0 Å². The number of unbranched alkanes of at least 4 members (excludes halogenated alkanes) is 16. The van der Waals surface area contributed by atoms with Crippen LogP contribution in [0.4, 0.5) is 0 Å². The summed E-state index contributed by atoms with van der Waals surface area (Å²) in [7, 11) is 0. The van der Waals surface area contributed by atoms with Gasteiger partial charge in [0, 0.05) is 6.42 Å². The third kappa shape index (κ3) is 16.8. The highest BCUT2D eigenvalue weighted by Crippen LogP contribution is 2.30. The van der Waals surface area contributed by atoms with Gasteiger partial charge in [-0.2, -0.15) is 0 Å². The van der Waals surface area contributed by atoms with Gasteiger partial charge in [0.1, 0.15) is 48.8 Å². The third-order valence-electron chi connectivity index (χ3n) is 10.3. The largest absolute Gasteiger partial charge is 0.394 e. The molecule has 2 rings (SSSR count). The smallest absolute Gasteiger partial charge is 0.220 e. The number of ether oxygens (including phenoxy) is 4. The van der Waals surface area contributed by atoms with Crippen LogP contribution in [-0.2, 0) is 23.7 Å². The van der Waals surface area contributed by atoms with Crippen LogP contribution in [0.25, 0.3) is 0 Å². The fourth-order valence-electron chi connectivity index (χ4n) is 6.88. The van der Waals surface area contributed by atoms with Gasteiger partial charge < -0.3 is 65.1 Å². The minimum absolute atomic E-state index is 0.213. The second-order valence-electron chi connectivity index (χ2n) is 14.8. The van der Waals surface area contributed by atoms with Crippen molar-refractivity contribution in [1.29, 1.82) is 0 Å². The zero-order valence-corrected chi connectivity index (χ0v) is 31.8. The van der Waals surface area contributed by atoms with Gasteiger partial charge >= 0.3 is 0 Å². The molecular weight excluding hydrogens is 678 g/mol. The predicted octanol–water partition coefficient (Wildman–Crippen LogP) is 2.31. The maximum atomic E-state index is 13.0. The summed E-state index contributed by atoms with van der Waals surface area (Å²) in [6.07, 6.45) is 4.33. The van der Waals surface area contributed by atoms with Crippen LogP contribution in [-0.4, -0.2) is 140 Å². The Kier molecular flexibility index (Phi) is 25.0. The molecule has 0 spiro atoms. The van der Waals surface area contributed by atoms with Crippen molar-refractivity contribution in [2.45, 2.75) is 216 Å². The SMILES string of the molecule is CCCCCCCCCCCCC(=O)NC(COC1OC(CO)C(OC2OC(CO)C(O)C(O)C2O)C(O)C1O)C(O)CCCCCCCCCC. The quantitative estimate of drug-likeness (QED) is 0.0501. The summed E-state index contributed by atoms with van der Waals surface area (Å²) in [5.74, 6) is -0.213. The molecule has 12 unspecified atom stereocenters. The van der Waals surface area contributed by atoms with Crippen molar-refractivity contribution in [2.24, 2.45) is 0 Å². The molecule has 14 nitrogen and oxygen atoms in total. The lowest BCUT2D eigenvalue weighted by molar-refractivity contribution is -0.359. The number of nitrogens with one attached hydrogen (secondary N) is 1. The Labute approximate surface area is 311 Å². The average molecular weight is 752 g/mol. The number of aliphatic hydroxyl groups excluding tert-OH is 8. The summed E-state index contributed by atoms with van der Waals surface area (Å²) >= 11 is 0. The lowest BCUT2D eigenvalue weighted by atomic mass is 9.97. The number of aliphatic hydroxyl groups is 8. The Bertz CT molecular complexity index is 899. The molecule has 0 radical (unpaired) electrons. The Morgan fingerprint density at radius 1 is 0.615 bits per heavy atom. The van der Waals surface area contributed by atoms with Crippen molar-refractivity contribution in [3.8, 4) is 0 Å². The molecule has 2 heterocycles. The van der Waals surface area contributed by atoms with Crippen molar-refractivity contribution in [3.63, 3.8) is 0 Å². The van der Waals surface area contributed by atoms with E-state index in [1.165, 1.54) is 64.2 Å². The first-order valence-corrected chi connectivity index (χ1v) is 20.3. The van der Waals surface area contributed by atoms with Crippen molar-refractivity contribution in [2.75, 3.05) is 19.8 Å². The van der Waals surface area contributed by atoms with Crippen molar-refractivity contribution >= 4 is 5.91 Å². The van der Waals surface area contributed by atoms with E-state index in [1.807, 2.05) is 0 Å². The molecule has 2 aliphatic heterocycles. The maximum Gasteiger partial charge on any atom is 0.220 e. The van der Waals surface area contributed by atoms with Crippen molar-refractivity contribution < 1.29 is 64.6 Å². The average Bonchev–Trinajstić information content (AvgIpc) is 3.14. The molecule has 0 aromatic rings. The molecule has 0 aromatic carbocycles. The number of carbonyl (C=O) groups excluding carboxylic acids is 1. The highest BCUT2D eigenvalue weighted by atomic mass is 16.7. The van der Waals surface area contributed by atoms with Gasteiger partial charge in [-0.1, -0.05) is 123 Å². The standard InChI is InChI=1S/C38H73NO13/c1-3-5-7-9-11-13-14-16-18-20-22-30(43)39-26(27(42)21-19-17-15-12-10-8-6-4-2)25-49-37-35(48)33(46)36(29(24-41)51-37)52-38-34(47)32(45)31(44)28(23-40)50-38/h26-29,31-38,40-42,44-48H,3-25H2,1-2H3,(H,39,43). The molecule has 0 saturated carbocycles. The van der Waals surface area contributed by atoms with E-state index in [2.05, 4.69) is 19.2 Å². The molecule has 1 amide bonds. The lowest BCUT2D eigenvalue weighted by Crippen LogP contribution is -2.65. The van der Waals surface area contributed by atoms with E-state index in [-0.39, 0.29) is 12.5 Å². The van der Waals surface area contributed by atoms with Crippen molar-refractivity contribution in [3.05, 3.63) is 0 Å². The van der Waals surface area contributed by atoms with Crippen LogP contribution in [0.2, 0.25) is 0 Å². The van der Waals surface area contributed by atoms with E-state index < -0.39 is 86.8 Å². The highest BCUT2D eigenvalue weighted by molar-refractivity contribution is 5.76. The molecule has 2 aliphatic rings. The van der Waals surface area contributed by atoms with Gasteiger partial charge in [0.25, 0.3) is 0 Å². The van der Waals surface area contributed by atoms with Crippen LogP contribution in [0.1, 0.15) is 142 Å². The van der Waals surface area contributed by atoms with E-state index in [0.29, 0.717) is 12.8 Å². The zero-order chi connectivity index (χ0) is 38.3. The first kappa shape index (κ1) is 47.1. The molecule has 14 heteroatoms. The van der Waals surface area contributed by atoms with E-state index >= 15 is 0 Å². The Hall–Kier alpha value is -1.01. The molecule has 0 aliphatic carbocycles. The second-order valence-corrected chi connectivity index (χ2v) is 14.8. The molecule has 0 bridgehead atoms. The van der Waals surface area contributed by atoms with E-state index in [4.69, 9.17) is 18.9 Å². The molecule has 52 heavy (non-hydrogen) atoms. The van der Waals surface area contributed by atoms with Gasteiger partial charge in [0.15, 0.2) is 12.6 Å². The second kappa shape index (κ2) is 27.6. The van der Waals surface area contributed by atoms with E-state index in [1.54, 1.807) is 0 Å². The summed E-state index contributed by atoms with van der Waals surface area (Å²) in [5.41, 5.74) is 0. The van der Waals surface area contributed by atoms with E-state index in [0.717, 1.165) is 51.4 Å².